The van der Waals surface area contributed by atoms with Gasteiger partial charge in [-0.3, -0.25) is 4.68 Å². The molecule has 0 aliphatic heterocycles. The minimum atomic E-state index is 0.294. The van der Waals surface area contributed by atoms with Gasteiger partial charge in [-0.1, -0.05) is 27.7 Å². The number of hydrogen-bond acceptors (Lipinski definition) is 4. The molecule has 0 bridgehead atoms. The first-order valence-corrected chi connectivity index (χ1v) is 8.00. The first kappa shape index (κ1) is 12.9. The maximum atomic E-state index is 4.65. The zero-order chi connectivity index (χ0) is 13.6. The Morgan fingerprint density at radius 3 is 2.79 bits per heavy atom. The zero-order valence-corrected chi connectivity index (χ0v) is 13.3. The third kappa shape index (κ3) is 2.03. The first-order chi connectivity index (χ1) is 9.11. The summed E-state index contributed by atoms with van der Waals surface area (Å²) in [6.45, 7) is 4.24. The molecule has 1 aromatic carbocycles. The van der Waals surface area contributed by atoms with E-state index in [1.807, 2.05) is 29.4 Å². The van der Waals surface area contributed by atoms with E-state index in [9.17, 15) is 0 Å². The Morgan fingerprint density at radius 1 is 1.32 bits per heavy atom. The summed E-state index contributed by atoms with van der Waals surface area (Å²) in [5.41, 5.74) is 2.03. The summed E-state index contributed by atoms with van der Waals surface area (Å²) < 4.78 is 3.04. The summed E-state index contributed by atoms with van der Waals surface area (Å²) in [4.78, 5) is 8.98. The van der Waals surface area contributed by atoms with Crippen LogP contribution >= 0.6 is 27.7 Å². The molecule has 4 nitrogen and oxygen atoms in total. The number of halogens is 1. The van der Waals surface area contributed by atoms with E-state index in [-0.39, 0.29) is 0 Å². The number of thioether (sulfide) groups is 1. The standard InChI is InChI=1S/C13H13BrN4S/c1-7(2)18-12-9(6-16-18)10(14)4-8-5-15-13(19-3)17-11(8)12/h4-7H,1-3H3. The maximum Gasteiger partial charge on any atom is 0.187 e. The average Bonchev–Trinajstić information content (AvgIpc) is 2.84. The molecule has 0 radical (unpaired) electrons. The largest absolute Gasteiger partial charge is 0.260 e. The molecule has 2 aromatic heterocycles. The smallest absolute Gasteiger partial charge is 0.187 e. The normalized spacial score (nSPS) is 11.8. The van der Waals surface area contributed by atoms with E-state index in [2.05, 4.69) is 44.8 Å². The molecule has 0 aliphatic rings. The Labute approximate surface area is 123 Å². The first-order valence-electron chi connectivity index (χ1n) is 5.98. The van der Waals surface area contributed by atoms with Crippen molar-refractivity contribution in [3.8, 4) is 0 Å². The molecule has 0 N–H and O–H groups in total. The number of rotatable bonds is 2. The van der Waals surface area contributed by atoms with Crippen molar-refractivity contribution in [2.75, 3.05) is 6.26 Å². The molecule has 0 saturated carbocycles. The van der Waals surface area contributed by atoms with Crippen LogP contribution in [0.2, 0.25) is 0 Å². The van der Waals surface area contributed by atoms with Crippen molar-refractivity contribution >= 4 is 49.5 Å². The van der Waals surface area contributed by atoms with Gasteiger partial charge in [0.25, 0.3) is 0 Å². The highest BCUT2D eigenvalue weighted by molar-refractivity contribution is 9.10. The third-order valence-corrected chi connectivity index (χ3v) is 4.24. The molecular weight excluding hydrogens is 324 g/mol. The predicted octanol–water partition coefficient (Wildman–Crippen LogP) is 4.04. The van der Waals surface area contributed by atoms with Gasteiger partial charge in [0.05, 0.1) is 11.7 Å². The average molecular weight is 337 g/mol. The fraction of sp³-hybridized carbons (Fsp3) is 0.308. The van der Waals surface area contributed by atoms with E-state index in [0.29, 0.717) is 6.04 Å². The van der Waals surface area contributed by atoms with Crippen LogP contribution in [0.4, 0.5) is 0 Å². The number of nitrogens with zero attached hydrogens (tertiary/aromatic N) is 4. The topological polar surface area (TPSA) is 43.6 Å². The van der Waals surface area contributed by atoms with Crippen molar-refractivity contribution in [1.82, 2.24) is 19.7 Å². The molecule has 6 heteroatoms. The van der Waals surface area contributed by atoms with Gasteiger partial charge >= 0.3 is 0 Å². The number of fused-ring (bicyclic) bond motifs is 3. The second kappa shape index (κ2) is 4.76. The molecule has 0 spiro atoms. The van der Waals surface area contributed by atoms with Crippen LogP contribution in [0.5, 0.6) is 0 Å². The van der Waals surface area contributed by atoms with E-state index in [4.69, 9.17) is 0 Å². The number of aromatic nitrogens is 4. The van der Waals surface area contributed by atoms with Gasteiger partial charge in [-0.2, -0.15) is 5.10 Å². The van der Waals surface area contributed by atoms with Crippen LogP contribution in [0.25, 0.3) is 21.8 Å². The third-order valence-electron chi connectivity index (χ3n) is 3.03. The molecule has 0 aliphatic carbocycles. The van der Waals surface area contributed by atoms with Crippen LogP contribution in [-0.4, -0.2) is 26.0 Å². The Bertz CT molecular complexity index is 766. The fourth-order valence-electron chi connectivity index (χ4n) is 2.15. The van der Waals surface area contributed by atoms with E-state index in [1.165, 1.54) is 0 Å². The summed E-state index contributed by atoms with van der Waals surface area (Å²) >= 11 is 5.15. The van der Waals surface area contributed by atoms with Gasteiger partial charge in [0.15, 0.2) is 5.16 Å². The molecular formula is C13H13BrN4S. The van der Waals surface area contributed by atoms with Crippen molar-refractivity contribution in [3.63, 3.8) is 0 Å². The fourth-order valence-corrected chi connectivity index (χ4v) is 3.02. The van der Waals surface area contributed by atoms with Crippen LogP contribution in [0.1, 0.15) is 19.9 Å². The van der Waals surface area contributed by atoms with E-state index >= 15 is 0 Å². The number of benzene rings is 1. The van der Waals surface area contributed by atoms with Crippen LogP contribution in [-0.2, 0) is 0 Å². The van der Waals surface area contributed by atoms with Gasteiger partial charge < -0.3 is 0 Å². The predicted molar refractivity (Wildman–Crippen MR) is 82.7 cm³/mol. The highest BCUT2D eigenvalue weighted by Crippen LogP contribution is 2.32. The van der Waals surface area contributed by atoms with E-state index < -0.39 is 0 Å². The quantitative estimate of drug-likeness (QED) is 0.523. The monoisotopic (exact) mass is 336 g/mol. The second-order valence-electron chi connectivity index (χ2n) is 4.60. The van der Waals surface area contributed by atoms with Crippen LogP contribution in [0, 0.1) is 0 Å². The lowest BCUT2D eigenvalue weighted by Crippen LogP contribution is -2.03. The zero-order valence-electron chi connectivity index (χ0n) is 10.9. The van der Waals surface area contributed by atoms with Gasteiger partial charge in [0.2, 0.25) is 0 Å². The van der Waals surface area contributed by atoms with Gasteiger partial charge in [0, 0.05) is 27.5 Å². The van der Waals surface area contributed by atoms with Crippen molar-refractivity contribution in [2.45, 2.75) is 25.0 Å². The SMILES string of the molecule is CSc1ncc2cc(Br)c3cnn(C(C)C)c3c2n1. The molecule has 3 rings (SSSR count). The minimum Gasteiger partial charge on any atom is -0.260 e. The summed E-state index contributed by atoms with van der Waals surface area (Å²) in [7, 11) is 0. The van der Waals surface area contributed by atoms with E-state index in [0.717, 1.165) is 31.4 Å². The lowest BCUT2D eigenvalue weighted by Gasteiger charge is -2.10. The number of hydrogen-bond donors (Lipinski definition) is 0. The lowest BCUT2D eigenvalue weighted by atomic mass is 10.2. The molecule has 19 heavy (non-hydrogen) atoms. The van der Waals surface area contributed by atoms with Crippen LogP contribution in [0.15, 0.2) is 28.1 Å². The summed E-state index contributed by atoms with van der Waals surface area (Å²) in [5, 5.41) is 7.38. The van der Waals surface area contributed by atoms with Crippen molar-refractivity contribution in [1.29, 1.82) is 0 Å². The lowest BCUT2D eigenvalue weighted by molar-refractivity contribution is 0.551. The molecule has 0 unspecified atom stereocenters. The molecule has 0 atom stereocenters. The molecule has 0 saturated heterocycles. The van der Waals surface area contributed by atoms with Crippen LogP contribution < -0.4 is 0 Å². The Hall–Kier alpha value is -1.14. The molecule has 3 aromatic rings. The Balaban J connectivity index is 2.49. The van der Waals surface area contributed by atoms with Gasteiger partial charge in [-0.05, 0) is 26.2 Å². The summed E-state index contributed by atoms with van der Waals surface area (Å²) in [6, 6.07) is 2.34. The summed E-state index contributed by atoms with van der Waals surface area (Å²) in [5.74, 6) is 0. The van der Waals surface area contributed by atoms with Gasteiger partial charge in [0.1, 0.15) is 5.52 Å². The molecule has 0 amide bonds. The maximum absolute atomic E-state index is 4.65. The highest BCUT2D eigenvalue weighted by Gasteiger charge is 2.14. The minimum absolute atomic E-state index is 0.294. The van der Waals surface area contributed by atoms with Crippen molar-refractivity contribution < 1.29 is 0 Å². The van der Waals surface area contributed by atoms with Gasteiger partial charge in [-0.15, -0.1) is 0 Å². The Kier molecular flexibility index (Phi) is 3.22. The summed E-state index contributed by atoms with van der Waals surface area (Å²) in [6.07, 6.45) is 5.74. The van der Waals surface area contributed by atoms with Crippen molar-refractivity contribution in [3.05, 3.63) is 22.9 Å². The van der Waals surface area contributed by atoms with Crippen LogP contribution in [0.3, 0.4) is 0 Å². The highest BCUT2D eigenvalue weighted by atomic mass is 79.9. The second-order valence-corrected chi connectivity index (χ2v) is 6.23. The molecule has 0 fully saturated rings. The Morgan fingerprint density at radius 2 is 2.11 bits per heavy atom. The van der Waals surface area contributed by atoms with Crippen molar-refractivity contribution in [2.24, 2.45) is 0 Å². The molecule has 2 heterocycles. The molecule has 98 valence electrons. The van der Waals surface area contributed by atoms with E-state index in [1.54, 1.807) is 11.8 Å². The van der Waals surface area contributed by atoms with Gasteiger partial charge in [-0.25, -0.2) is 9.97 Å².